The van der Waals surface area contributed by atoms with Crippen LogP contribution in [-0.2, 0) is 13.0 Å². The molecule has 0 aliphatic carbocycles. The molecule has 6 heteroatoms. The monoisotopic (exact) mass is 417 g/mol. The molecule has 2 N–H and O–H groups in total. The molecule has 1 aromatic carbocycles. The number of likely N-dealkylation sites (tertiary alicyclic amines) is 1. The van der Waals surface area contributed by atoms with Crippen LogP contribution < -0.4 is 10.9 Å². The molecule has 31 heavy (non-hydrogen) atoms. The molecule has 2 aromatic heterocycles. The van der Waals surface area contributed by atoms with E-state index in [1.54, 1.807) is 12.3 Å². The van der Waals surface area contributed by atoms with E-state index in [0.717, 1.165) is 49.7 Å². The van der Waals surface area contributed by atoms with E-state index in [0.29, 0.717) is 11.7 Å². The Kier molecular flexibility index (Phi) is 6.77. The summed E-state index contributed by atoms with van der Waals surface area (Å²) < 4.78 is 0. The van der Waals surface area contributed by atoms with Crippen LogP contribution in [0.5, 0.6) is 0 Å². The van der Waals surface area contributed by atoms with E-state index < -0.39 is 0 Å². The molecule has 3 aromatic rings. The topological polar surface area (TPSA) is 73.9 Å². The third-order valence-corrected chi connectivity index (χ3v) is 6.00. The number of hydrogen-bond acceptors (Lipinski definition) is 5. The summed E-state index contributed by atoms with van der Waals surface area (Å²) in [4.78, 5) is 26.1. The zero-order chi connectivity index (χ0) is 21.6. The van der Waals surface area contributed by atoms with Crippen LogP contribution in [0, 0.1) is 12.8 Å². The summed E-state index contributed by atoms with van der Waals surface area (Å²) in [6.45, 7) is 8.37. The molecule has 3 heterocycles. The van der Waals surface area contributed by atoms with Crippen LogP contribution in [0.3, 0.4) is 0 Å². The van der Waals surface area contributed by atoms with Gasteiger partial charge in [0.25, 0.3) is 5.56 Å². The average molecular weight is 418 g/mol. The van der Waals surface area contributed by atoms with Gasteiger partial charge in [-0.25, -0.2) is 9.97 Å². The van der Waals surface area contributed by atoms with Crippen molar-refractivity contribution in [3.05, 3.63) is 75.8 Å². The van der Waals surface area contributed by atoms with Crippen LogP contribution in [0.2, 0.25) is 0 Å². The van der Waals surface area contributed by atoms with Gasteiger partial charge in [0, 0.05) is 36.6 Å². The van der Waals surface area contributed by atoms with E-state index in [1.807, 2.05) is 19.1 Å². The Hall–Kier alpha value is -2.99. The predicted octanol–water partition coefficient (Wildman–Crippen LogP) is 4.03. The number of nitrogens with zero attached hydrogens (tertiary/aromatic N) is 3. The van der Waals surface area contributed by atoms with E-state index in [9.17, 15) is 4.79 Å². The molecule has 1 fully saturated rings. The molecular weight excluding hydrogens is 386 g/mol. The summed E-state index contributed by atoms with van der Waals surface area (Å²) in [7, 11) is 0. The molecule has 0 atom stereocenters. The van der Waals surface area contributed by atoms with Crippen LogP contribution in [0.25, 0.3) is 11.4 Å². The molecule has 162 valence electrons. The van der Waals surface area contributed by atoms with Crippen molar-refractivity contribution in [3.63, 3.8) is 0 Å². The number of aromatic nitrogens is 3. The van der Waals surface area contributed by atoms with Crippen molar-refractivity contribution >= 4 is 5.82 Å². The van der Waals surface area contributed by atoms with E-state index in [-0.39, 0.29) is 5.56 Å². The van der Waals surface area contributed by atoms with Crippen LogP contribution in [0.15, 0.2) is 53.5 Å². The lowest BCUT2D eigenvalue weighted by Gasteiger charge is -2.32. The molecule has 0 saturated carbocycles. The normalized spacial score (nSPS) is 15.2. The van der Waals surface area contributed by atoms with E-state index >= 15 is 0 Å². The number of pyridine rings is 1. The maximum Gasteiger partial charge on any atom is 0.251 e. The summed E-state index contributed by atoms with van der Waals surface area (Å²) in [6, 6.07) is 14.3. The number of hydrogen-bond donors (Lipinski definition) is 2. The lowest BCUT2D eigenvalue weighted by atomic mass is 9.96. The minimum Gasteiger partial charge on any atom is -0.370 e. The van der Waals surface area contributed by atoms with Gasteiger partial charge in [-0.3, -0.25) is 9.69 Å². The summed E-state index contributed by atoms with van der Waals surface area (Å²) in [5, 5.41) is 3.48. The Morgan fingerprint density at radius 3 is 2.58 bits per heavy atom. The fourth-order valence-electron chi connectivity index (χ4n) is 4.01. The third kappa shape index (κ3) is 5.79. The van der Waals surface area contributed by atoms with Crippen LogP contribution in [0.4, 0.5) is 5.82 Å². The van der Waals surface area contributed by atoms with E-state index in [1.165, 1.54) is 24.0 Å². The highest BCUT2D eigenvalue weighted by Crippen LogP contribution is 2.21. The van der Waals surface area contributed by atoms with Crippen LogP contribution in [-0.4, -0.2) is 39.5 Å². The molecule has 0 radical (unpaired) electrons. The number of benzene rings is 1. The van der Waals surface area contributed by atoms with Gasteiger partial charge in [-0.15, -0.1) is 0 Å². The molecule has 0 unspecified atom stereocenters. The Morgan fingerprint density at radius 2 is 1.90 bits per heavy atom. The molecule has 0 spiro atoms. The minimum absolute atomic E-state index is 0.127. The van der Waals surface area contributed by atoms with Gasteiger partial charge in [-0.05, 0) is 62.9 Å². The maximum absolute atomic E-state index is 11.8. The Morgan fingerprint density at radius 1 is 1.13 bits per heavy atom. The Balaban J connectivity index is 1.26. The van der Waals surface area contributed by atoms with Gasteiger partial charge in [0.05, 0.1) is 0 Å². The van der Waals surface area contributed by atoms with Crippen LogP contribution >= 0.6 is 0 Å². The largest absolute Gasteiger partial charge is 0.370 e. The standard InChI is InChI=1S/C25H31N5O/c1-3-22-14-24(31)29-25(28-22)21-8-9-23(27-16-21)26-15-19-10-12-30(13-11-19)17-20-6-4-18(2)5-7-20/h4-9,14,16,19H,3,10-13,15,17H2,1-2H3,(H,26,27)(H,28,29,31). The number of aryl methyl sites for hydroxylation is 2. The van der Waals surface area contributed by atoms with Gasteiger partial charge < -0.3 is 10.3 Å². The van der Waals surface area contributed by atoms with Crippen LogP contribution in [0.1, 0.15) is 36.6 Å². The molecule has 1 aliphatic heterocycles. The van der Waals surface area contributed by atoms with E-state index in [2.05, 4.69) is 56.4 Å². The smallest absolute Gasteiger partial charge is 0.251 e. The molecule has 6 nitrogen and oxygen atoms in total. The highest BCUT2D eigenvalue weighted by molar-refractivity contribution is 5.55. The molecular formula is C25H31N5O. The lowest BCUT2D eigenvalue weighted by molar-refractivity contribution is 0.182. The average Bonchev–Trinajstić information content (AvgIpc) is 2.80. The van der Waals surface area contributed by atoms with Crippen molar-refractivity contribution in [3.8, 4) is 11.4 Å². The van der Waals surface area contributed by atoms with Crippen molar-refractivity contribution in [2.45, 2.75) is 39.7 Å². The number of anilines is 1. The molecule has 4 rings (SSSR count). The summed E-state index contributed by atoms with van der Waals surface area (Å²) >= 11 is 0. The van der Waals surface area contributed by atoms with Gasteiger partial charge in [-0.2, -0.15) is 0 Å². The van der Waals surface area contributed by atoms with Gasteiger partial charge >= 0.3 is 0 Å². The number of H-pyrrole nitrogens is 1. The second-order valence-corrected chi connectivity index (χ2v) is 8.46. The zero-order valence-electron chi connectivity index (χ0n) is 18.4. The van der Waals surface area contributed by atoms with Gasteiger partial charge in [0.15, 0.2) is 0 Å². The van der Waals surface area contributed by atoms with Crippen molar-refractivity contribution in [2.75, 3.05) is 25.0 Å². The molecule has 0 bridgehead atoms. The number of nitrogens with one attached hydrogen (secondary N) is 2. The first-order valence-corrected chi connectivity index (χ1v) is 11.2. The first-order chi connectivity index (χ1) is 15.1. The number of piperidine rings is 1. The quantitative estimate of drug-likeness (QED) is 0.607. The van der Waals surface area contributed by atoms with Crippen molar-refractivity contribution in [2.24, 2.45) is 5.92 Å². The zero-order valence-corrected chi connectivity index (χ0v) is 18.4. The summed E-state index contributed by atoms with van der Waals surface area (Å²) in [5.74, 6) is 2.10. The summed E-state index contributed by atoms with van der Waals surface area (Å²) in [5.41, 5.74) is 4.19. The third-order valence-electron chi connectivity index (χ3n) is 6.00. The van der Waals surface area contributed by atoms with Crippen molar-refractivity contribution in [1.29, 1.82) is 0 Å². The minimum atomic E-state index is -0.127. The van der Waals surface area contributed by atoms with Crippen molar-refractivity contribution < 1.29 is 0 Å². The van der Waals surface area contributed by atoms with Gasteiger partial charge in [0.1, 0.15) is 11.6 Å². The maximum atomic E-state index is 11.8. The second kappa shape index (κ2) is 9.88. The molecule has 1 saturated heterocycles. The first kappa shape index (κ1) is 21.2. The number of rotatable bonds is 7. The predicted molar refractivity (Wildman–Crippen MR) is 125 cm³/mol. The molecule has 0 amide bonds. The SMILES string of the molecule is CCc1cc(=O)[nH]c(-c2ccc(NCC3CCN(Cc4ccc(C)cc4)CC3)nc2)n1. The Labute approximate surface area is 183 Å². The first-order valence-electron chi connectivity index (χ1n) is 11.2. The van der Waals surface area contributed by atoms with Gasteiger partial charge in [-0.1, -0.05) is 36.8 Å². The second-order valence-electron chi connectivity index (χ2n) is 8.46. The number of aromatic amines is 1. The van der Waals surface area contributed by atoms with Gasteiger partial charge in [0.2, 0.25) is 0 Å². The highest BCUT2D eigenvalue weighted by atomic mass is 16.1. The highest BCUT2D eigenvalue weighted by Gasteiger charge is 2.19. The summed E-state index contributed by atoms with van der Waals surface area (Å²) in [6.07, 6.45) is 4.90. The molecule has 1 aliphatic rings. The fourth-order valence-corrected chi connectivity index (χ4v) is 4.01. The fraction of sp³-hybridized carbons (Fsp3) is 0.400. The lowest BCUT2D eigenvalue weighted by Crippen LogP contribution is -2.35. The van der Waals surface area contributed by atoms with E-state index in [4.69, 9.17) is 0 Å². The van der Waals surface area contributed by atoms with Crippen molar-refractivity contribution in [1.82, 2.24) is 19.9 Å². The Bertz CT molecular complexity index is 1030.